The largest absolute Gasteiger partial charge is 0.358 e. The molecule has 2 N–H and O–H groups in total. The zero-order valence-corrected chi connectivity index (χ0v) is 19.4. The summed E-state index contributed by atoms with van der Waals surface area (Å²) in [4.78, 5) is 6.24. The Morgan fingerprint density at radius 3 is 2.35 bits per heavy atom. The number of nitrogens with zero attached hydrogens (tertiary/aromatic N) is 1. The summed E-state index contributed by atoms with van der Waals surface area (Å²) in [5.74, 6) is 0.569. The molecule has 31 heavy (non-hydrogen) atoms. The van der Waals surface area contributed by atoms with Gasteiger partial charge >= 0.3 is 0 Å². The van der Waals surface area contributed by atoms with Crippen LogP contribution in [0, 0.1) is 5.41 Å². The monoisotopic (exact) mass is 415 g/mol. The first-order valence-corrected chi connectivity index (χ1v) is 11.9. The van der Waals surface area contributed by atoms with Gasteiger partial charge in [-0.2, -0.15) is 0 Å². The van der Waals surface area contributed by atoms with E-state index in [1.807, 2.05) is 0 Å². The fraction of sp³-hybridized carbons (Fsp3) is 0.464. The molecule has 0 aliphatic heterocycles. The lowest BCUT2D eigenvalue weighted by Gasteiger charge is -2.45. The van der Waals surface area contributed by atoms with Crippen molar-refractivity contribution in [3.05, 3.63) is 71.4 Å². The highest BCUT2D eigenvalue weighted by Crippen LogP contribution is 2.47. The lowest BCUT2D eigenvalue weighted by molar-refractivity contribution is 0.0903. The summed E-state index contributed by atoms with van der Waals surface area (Å²) in [6.07, 6.45) is 8.58. The Bertz CT molecular complexity index is 1010. The second-order valence-corrected chi connectivity index (χ2v) is 9.48. The Morgan fingerprint density at radius 1 is 1.00 bits per heavy atom. The van der Waals surface area contributed by atoms with Crippen LogP contribution >= 0.6 is 0 Å². The van der Waals surface area contributed by atoms with Gasteiger partial charge in [0.1, 0.15) is 0 Å². The van der Waals surface area contributed by atoms with E-state index < -0.39 is 0 Å². The zero-order chi connectivity index (χ0) is 21.8. The molecule has 4 rings (SSSR count). The van der Waals surface area contributed by atoms with Gasteiger partial charge in [0.05, 0.1) is 0 Å². The molecule has 3 aromatic rings. The van der Waals surface area contributed by atoms with Gasteiger partial charge in [0.25, 0.3) is 0 Å². The van der Waals surface area contributed by atoms with E-state index in [1.165, 1.54) is 53.4 Å². The van der Waals surface area contributed by atoms with E-state index in [2.05, 4.69) is 85.5 Å². The van der Waals surface area contributed by atoms with Crippen LogP contribution in [0.25, 0.3) is 10.9 Å². The molecule has 3 nitrogen and oxygen atoms in total. The maximum absolute atomic E-state index is 8.29. The summed E-state index contributed by atoms with van der Waals surface area (Å²) in [5.41, 5.74) is 6.61. The highest BCUT2D eigenvalue weighted by Gasteiger charge is 2.39. The molecule has 164 valence electrons. The van der Waals surface area contributed by atoms with E-state index in [0.717, 1.165) is 31.4 Å². The van der Waals surface area contributed by atoms with Crippen molar-refractivity contribution in [1.29, 1.82) is 5.41 Å². The zero-order valence-electron chi connectivity index (χ0n) is 19.4. The Hall–Kier alpha value is -2.39. The normalized spacial score (nSPS) is 21.6. The van der Waals surface area contributed by atoms with Crippen molar-refractivity contribution in [2.75, 3.05) is 14.1 Å². The van der Waals surface area contributed by atoms with Crippen LogP contribution in [-0.4, -0.2) is 29.7 Å². The average molecular weight is 416 g/mol. The van der Waals surface area contributed by atoms with Crippen LogP contribution in [0.4, 0.5) is 0 Å². The van der Waals surface area contributed by atoms with E-state index >= 15 is 0 Å². The second kappa shape index (κ2) is 9.40. The van der Waals surface area contributed by atoms with Crippen molar-refractivity contribution in [3.8, 4) is 0 Å². The second-order valence-electron chi connectivity index (χ2n) is 9.48. The highest BCUT2D eigenvalue weighted by molar-refractivity contribution is 5.86. The van der Waals surface area contributed by atoms with Crippen LogP contribution in [-0.2, 0) is 12.0 Å². The van der Waals surface area contributed by atoms with Crippen molar-refractivity contribution < 1.29 is 0 Å². The molecule has 1 aliphatic rings. The quantitative estimate of drug-likeness (QED) is 0.381. The molecule has 0 amide bonds. The lowest BCUT2D eigenvalue weighted by atomic mass is 9.70. The molecule has 0 bridgehead atoms. The standard InChI is InChI=1S/C28H37N3/c1-4-10-23(29)15-16-25-24-13-8-9-14-26(24)30-27(25)21-17-19-28(20-18-21,31(2)3)22-11-6-5-7-12-22/h5-9,11-14,21,29-30H,4,10,15-20H2,1-3H3. The molecule has 0 saturated heterocycles. The molecule has 0 radical (unpaired) electrons. The van der Waals surface area contributed by atoms with E-state index in [9.17, 15) is 0 Å². The number of rotatable bonds is 8. The minimum atomic E-state index is 0.132. The maximum Gasteiger partial charge on any atom is 0.0459 e. The summed E-state index contributed by atoms with van der Waals surface area (Å²) >= 11 is 0. The van der Waals surface area contributed by atoms with E-state index in [4.69, 9.17) is 5.41 Å². The average Bonchev–Trinajstić information content (AvgIpc) is 3.17. The highest BCUT2D eigenvalue weighted by atomic mass is 15.1. The van der Waals surface area contributed by atoms with Crippen LogP contribution in [0.5, 0.6) is 0 Å². The summed E-state index contributed by atoms with van der Waals surface area (Å²) in [5, 5.41) is 9.65. The number of hydrogen-bond acceptors (Lipinski definition) is 2. The SMILES string of the molecule is CCCC(=N)CCc1c(C2CCC(c3ccccc3)(N(C)C)CC2)[nH]c2ccccc12. The van der Waals surface area contributed by atoms with Crippen LogP contribution in [0.1, 0.15) is 74.6 Å². The number of hydrogen-bond donors (Lipinski definition) is 2. The van der Waals surface area contributed by atoms with Gasteiger partial charge in [-0.15, -0.1) is 0 Å². The van der Waals surface area contributed by atoms with Crippen molar-refractivity contribution >= 4 is 16.6 Å². The number of benzene rings is 2. The molecular weight excluding hydrogens is 378 g/mol. The Labute approximate surface area is 187 Å². The van der Waals surface area contributed by atoms with Crippen LogP contribution in [0.2, 0.25) is 0 Å². The van der Waals surface area contributed by atoms with Gasteiger partial charge in [-0.25, -0.2) is 0 Å². The van der Waals surface area contributed by atoms with Crippen molar-refractivity contribution in [1.82, 2.24) is 9.88 Å². The lowest BCUT2D eigenvalue weighted by Crippen LogP contribution is -2.44. The third-order valence-corrected chi connectivity index (χ3v) is 7.46. The molecule has 3 heteroatoms. The van der Waals surface area contributed by atoms with Crippen molar-refractivity contribution in [3.63, 3.8) is 0 Å². The van der Waals surface area contributed by atoms with Gasteiger partial charge in [-0.1, -0.05) is 61.9 Å². The molecule has 1 aromatic heterocycles. The summed E-state index contributed by atoms with van der Waals surface area (Å²) in [7, 11) is 4.47. The first kappa shape index (κ1) is 21.8. The Balaban J connectivity index is 1.60. The number of aryl methyl sites for hydroxylation is 1. The van der Waals surface area contributed by atoms with Gasteiger partial charge < -0.3 is 10.4 Å². The molecule has 1 saturated carbocycles. The number of fused-ring (bicyclic) bond motifs is 1. The molecule has 1 heterocycles. The van der Waals surface area contributed by atoms with Crippen molar-refractivity contribution in [2.24, 2.45) is 0 Å². The van der Waals surface area contributed by atoms with E-state index in [0.29, 0.717) is 5.92 Å². The summed E-state index contributed by atoms with van der Waals surface area (Å²) < 4.78 is 0. The summed E-state index contributed by atoms with van der Waals surface area (Å²) in [6, 6.07) is 19.8. The molecule has 0 atom stereocenters. The minimum absolute atomic E-state index is 0.132. The molecule has 0 spiro atoms. The minimum Gasteiger partial charge on any atom is -0.358 e. The van der Waals surface area contributed by atoms with Gasteiger partial charge in [0.2, 0.25) is 0 Å². The van der Waals surface area contributed by atoms with Crippen LogP contribution in [0.3, 0.4) is 0 Å². The van der Waals surface area contributed by atoms with Crippen molar-refractivity contribution in [2.45, 2.75) is 69.7 Å². The van der Waals surface area contributed by atoms with Gasteiger partial charge in [0.15, 0.2) is 0 Å². The first-order valence-electron chi connectivity index (χ1n) is 11.9. The fourth-order valence-electron chi connectivity index (χ4n) is 5.67. The fourth-order valence-corrected chi connectivity index (χ4v) is 5.67. The first-order chi connectivity index (χ1) is 15.0. The smallest absolute Gasteiger partial charge is 0.0459 e. The number of H-pyrrole nitrogens is 1. The maximum atomic E-state index is 8.29. The Kier molecular flexibility index (Phi) is 6.62. The summed E-state index contributed by atoms with van der Waals surface area (Å²) in [6.45, 7) is 2.16. The molecule has 1 aliphatic carbocycles. The van der Waals surface area contributed by atoms with E-state index in [-0.39, 0.29) is 5.54 Å². The molecule has 2 aromatic carbocycles. The molecular formula is C28H37N3. The third-order valence-electron chi connectivity index (χ3n) is 7.46. The van der Waals surface area contributed by atoms with Gasteiger partial charge in [-0.3, -0.25) is 4.90 Å². The van der Waals surface area contributed by atoms with E-state index in [1.54, 1.807) is 0 Å². The number of aromatic amines is 1. The van der Waals surface area contributed by atoms with Crippen LogP contribution < -0.4 is 0 Å². The number of para-hydroxylation sites is 1. The predicted octanol–water partition coefficient (Wildman–Crippen LogP) is 7.04. The number of nitrogens with one attached hydrogen (secondary N) is 2. The van der Waals surface area contributed by atoms with Crippen LogP contribution in [0.15, 0.2) is 54.6 Å². The number of aromatic nitrogens is 1. The predicted molar refractivity (Wildman–Crippen MR) is 132 cm³/mol. The molecule has 0 unspecified atom stereocenters. The van der Waals surface area contributed by atoms with Gasteiger partial charge in [-0.05, 0) is 82.2 Å². The Morgan fingerprint density at radius 2 is 1.68 bits per heavy atom. The third kappa shape index (κ3) is 4.34. The molecule has 1 fully saturated rings. The topological polar surface area (TPSA) is 42.9 Å². The van der Waals surface area contributed by atoms with Gasteiger partial charge in [0, 0.05) is 27.8 Å².